The van der Waals surface area contributed by atoms with Crippen LogP contribution in [0.25, 0.3) is 0 Å². The van der Waals surface area contributed by atoms with Crippen LogP contribution in [-0.4, -0.2) is 41.1 Å². The van der Waals surface area contributed by atoms with Crippen LogP contribution in [0.2, 0.25) is 0 Å². The summed E-state index contributed by atoms with van der Waals surface area (Å²) in [7, 11) is 6.04. The molecular weight excluding hydrogens is 339 g/mol. The van der Waals surface area contributed by atoms with E-state index in [1.807, 2.05) is 44.2 Å². The summed E-state index contributed by atoms with van der Waals surface area (Å²) < 4.78 is 0. The highest BCUT2D eigenvalue weighted by atomic mass is 16.2. The number of aromatic nitrogens is 2. The first-order valence-electron chi connectivity index (χ1n) is 8.99. The number of nitrogens with zero attached hydrogens (tertiary/aromatic N) is 2. The fourth-order valence-electron chi connectivity index (χ4n) is 2.81. The van der Waals surface area contributed by atoms with Gasteiger partial charge in [0.1, 0.15) is 11.2 Å². The molecule has 0 saturated heterocycles. The van der Waals surface area contributed by atoms with Gasteiger partial charge in [0.15, 0.2) is 0 Å². The van der Waals surface area contributed by atoms with Crippen molar-refractivity contribution in [2.24, 2.45) is 5.92 Å². The quantitative estimate of drug-likeness (QED) is 0.701. The molecule has 0 fully saturated rings. The second-order valence-electron chi connectivity index (χ2n) is 7.25. The van der Waals surface area contributed by atoms with Crippen LogP contribution in [0, 0.1) is 5.92 Å². The lowest BCUT2D eigenvalue weighted by atomic mass is 9.85. The van der Waals surface area contributed by atoms with Crippen LogP contribution in [0.4, 0.5) is 0 Å². The fourth-order valence-corrected chi connectivity index (χ4v) is 2.81. The Balaban J connectivity index is 2.21. The third kappa shape index (κ3) is 6.20. The van der Waals surface area contributed by atoms with Gasteiger partial charge in [-0.3, -0.25) is 14.6 Å². The zero-order valence-corrected chi connectivity index (χ0v) is 16.0. The van der Waals surface area contributed by atoms with Crippen molar-refractivity contribution in [3.63, 3.8) is 0 Å². The number of hydrogen-bond acceptors (Lipinski definition) is 4. The highest BCUT2D eigenvalue weighted by Gasteiger charge is 2.36. The smallest absolute Gasteiger partial charge is 0.272 e. The van der Waals surface area contributed by atoms with Crippen LogP contribution in [0.5, 0.6) is 0 Å². The molecule has 2 radical (unpaired) electrons. The second-order valence-corrected chi connectivity index (χ2v) is 7.25. The molecule has 1 aromatic carbocycles. The van der Waals surface area contributed by atoms with E-state index in [1.54, 1.807) is 6.92 Å². The first-order valence-corrected chi connectivity index (χ1v) is 8.99. The van der Waals surface area contributed by atoms with Crippen molar-refractivity contribution in [3.8, 4) is 0 Å². The van der Waals surface area contributed by atoms with E-state index in [0.29, 0.717) is 18.8 Å². The van der Waals surface area contributed by atoms with Crippen LogP contribution < -0.4 is 10.6 Å². The van der Waals surface area contributed by atoms with Crippen LogP contribution in [0.3, 0.4) is 0 Å². The molecule has 140 valence electrons. The third-order valence-corrected chi connectivity index (χ3v) is 4.13. The molecule has 1 aromatic heterocycles. The van der Waals surface area contributed by atoms with E-state index in [0.717, 1.165) is 5.56 Å². The summed E-state index contributed by atoms with van der Waals surface area (Å²) in [4.78, 5) is 33.5. The SMILES string of the molecule is [B][C@H](CC(C)C)NC(=O)[C@](C)(Cc1ccccc1)NC(=O)c1cnccn1. The van der Waals surface area contributed by atoms with Crippen LogP contribution in [-0.2, 0) is 11.2 Å². The lowest BCUT2D eigenvalue weighted by Gasteiger charge is -2.31. The average molecular weight is 364 g/mol. The lowest BCUT2D eigenvalue weighted by molar-refractivity contribution is -0.127. The first-order chi connectivity index (χ1) is 12.8. The summed E-state index contributed by atoms with van der Waals surface area (Å²) in [5, 5.41) is 5.62. The monoisotopic (exact) mass is 364 g/mol. The average Bonchev–Trinajstić information content (AvgIpc) is 2.62. The van der Waals surface area contributed by atoms with E-state index in [4.69, 9.17) is 7.85 Å². The normalized spacial score (nSPS) is 14.2. The van der Waals surface area contributed by atoms with E-state index in [1.165, 1.54) is 18.6 Å². The van der Waals surface area contributed by atoms with Crippen molar-refractivity contribution < 1.29 is 9.59 Å². The summed E-state index contributed by atoms with van der Waals surface area (Å²) >= 11 is 0. The van der Waals surface area contributed by atoms with Crippen molar-refractivity contribution in [1.29, 1.82) is 0 Å². The number of carbonyl (C=O) groups is 2. The molecule has 2 amide bonds. The second kappa shape index (κ2) is 9.30. The van der Waals surface area contributed by atoms with Gasteiger partial charge in [-0.1, -0.05) is 44.2 Å². The molecule has 0 aliphatic rings. The van der Waals surface area contributed by atoms with Gasteiger partial charge < -0.3 is 10.6 Å². The maximum atomic E-state index is 13.0. The molecule has 0 saturated carbocycles. The Labute approximate surface area is 161 Å². The Kier molecular flexibility index (Phi) is 7.10. The van der Waals surface area contributed by atoms with E-state index in [2.05, 4.69) is 20.6 Å². The van der Waals surface area contributed by atoms with Gasteiger partial charge in [-0.2, -0.15) is 0 Å². The molecule has 6 nitrogen and oxygen atoms in total. The molecule has 2 rings (SSSR count). The number of benzene rings is 1. The molecule has 1 heterocycles. The molecule has 2 atom stereocenters. The number of hydrogen-bond donors (Lipinski definition) is 2. The summed E-state index contributed by atoms with van der Waals surface area (Å²) in [5.41, 5.74) is -0.118. The molecule has 0 spiro atoms. The Morgan fingerprint density at radius 1 is 1.19 bits per heavy atom. The van der Waals surface area contributed by atoms with Gasteiger partial charge in [0, 0.05) is 18.8 Å². The van der Waals surface area contributed by atoms with Crippen molar-refractivity contribution >= 4 is 19.7 Å². The van der Waals surface area contributed by atoms with Gasteiger partial charge in [0.25, 0.3) is 5.91 Å². The molecule has 0 aliphatic carbocycles. The number of nitrogens with one attached hydrogen (secondary N) is 2. The van der Waals surface area contributed by atoms with Gasteiger partial charge in [-0.05, 0) is 30.8 Å². The Hall–Kier alpha value is -2.70. The maximum Gasteiger partial charge on any atom is 0.272 e. The number of carbonyl (C=O) groups excluding carboxylic acids is 2. The minimum atomic E-state index is -1.19. The highest BCUT2D eigenvalue weighted by Crippen LogP contribution is 2.16. The Bertz CT molecular complexity index is 755. The van der Waals surface area contributed by atoms with Gasteiger partial charge >= 0.3 is 0 Å². The molecule has 27 heavy (non-hydrogen) atoms. The van der Waals surface area contributed by atoms with Crippen molar-refractivity contribution in [1.82, 2.24) is 20.6 Å². The molecule has 0 unspecified atom stereocenters. The van der Waals surface area contributed by atoms with E-state index < -0.39 is 17.4 Å². The van der Waals surface area contributed by atoms with Gasteiger partial charge in [-0.15, -0.1) is 0 Å². The third-order valence-electron chi connectivity index (χ3n) is 4.13. The minimum Gasteiger partial charge on any atom is -0.360 e. The fraction of sp³-hybridized carbons (Fsp3) is 0.400. The van der Waals surface area contributed by atoms with E-state index >= 15 is 0 Å². The minimum absolute atomic E-state index is 0.149. The van der Waals surface area contributed by atoms with Gasteiger partial charge in [0.2, 0.25) is 5.91 Å². The Morgan fingerprint density at radius 3 is 2.48 bits per heavy atom. The zero-order chi connectivity index (χ0) is 19.9. The van der Waals surface area contributed by atoms with E-state index in [9.17, 15) is 9.59 Å². The number of amides is 2. The summed E-state index contributed by atoms with van der Waals surface area (Å²) in [5.74, 6) is -0.943. The maximum absolute atomic E-state index is 13.0. The molecule has 0 bridgehead atoms. The summed E-state index contributed by atoms with van der Waals surface area (Å²) in [6.07, 6.45) is 5.24. The molecule has 2 aromatic rings. The van der Waals surface area contributed by atoms with Crippen LogP contribution in [0.15, 0.2) is 48.9 Å². The van der Waals surface area contributed by atoms with Gasteiger partial charge in [-0.25, -0.2) is 4.98 Å². The molecule has 2 N–H and O–H groups in total. The Morgan fingerprint density at radius 2 is 1.89 bits per heavy atom. The van der Waals surface area contributed by atoms with Gasteiger partial charge in [0.05, 0.1) is 14.0 Å². The predicted molar refractivity (Wildman–Crippen MR) is 105 cm³/mol. The largest absolute Gasteiger partial charge is 0.360 e. The first kappa shape index (κ1) is 20.6. The number of rotatable bonds is 8. The summed E-state index contributed by atoms with van der Waals surface area (Å²) in [6, 6.07) is 9.50. The van der Waals surface area contributed by atoms with Crippen molar-refractivity contribution in [2.45, 2.75) is 45.1 Å². The zero-order valence-electron chi connectivity index (χ0n) is 16.0. The summed E-state index contributed by atoms with van der Waals surface area (Å²) in [6.45, 7) is 5.75. The topological polar surface area (TPSA) is 84.0 Å². The van der Waals surface area contributed by atoms with E-state index in [-0.39, 0.29) is 11.6 Å². The molecular formula is C20H25BN4O2. The van der Waals surface area contributed by atoms with Crippen molar-refractivity contribution in [3.05, 3.63) is 60.2 Å². The predicted octanol–water partition coefficient (Wildman–Crippen LogP) is 1.86. The van der Waals surface area contributed by atoms with Crippen LogP contribution in [0.1, 0.15) is 43.2 Å². The molecule has 0 aliphatic heterocycles. The van der Waals surface area contributed by atoms with Crippen molar-refractivity contribution in [2.75, 3.05) is 0 Å². The van der Waals surface area contributed by atoms with Crippen LogP contribution >= 0.6 is 0 Å². The lowest BCUT2D eigenvalue weighted by Crippen LogP contribution is -2.60. The highest BCUT2D eigenvalue weighted by molar-refractivity contribution is 6.13. The standard InChI is InChI=1S/C20H25BN4O2/c1-14(2)11-17(21)24-19(27)20(3,12-15-7-5-4-6-8-15)25-18(26)16-13-22-9-10-23-16/h4-10,13-14,17H,11-12H2,1-3H3,(H,24,27)(H,25,26)/t17-,20-/m0/s1. The molecule has 7 heteroatoms.